The Morgan fingerprint density at radius 3 is 2.55 bits per heavy atom. The van der Waals surface area contributed by atoms with Crippen molar-refractivity contribution < 1.29 is 9.90 Å². The van der Waals surface area contributed by atoms with Gasteiger partial charge in [-0.25, -0.2) is 4.79 Å². The summed E-state index contributed by atoms with van der Waals surface area (Å²) in [5, 5.41) is 10.4. The highest BCUT2D eigenvalue weighted by atomic mass is 16.4. The van der Waals surface area contributed by atoms with Crippen LogP contribution in [-0.2, 0) is 19.4 Å². The number of rotatable bonds is 7. The Labute approximate surface area is 130 Å². The molecule has 0 saturated heterocycles. The van der Waals surface area contributed by atoms with E-state index in [1.165, 1.54) is 11.3 Å². The minimum Gasteiger partial charge on any atom is -0.478 e. The molecule has 2 aromatic rings. The van der Waals surface area contributed by atoms with Gasteiger partial charge < -0.3 is 21.1 Å². The molecule has 0 aliphatic rings. The summed E-state index contributed by atoms with van der Waals surface area (Å²) in [6, 6.07) is 3.58. The zero-order valence-electron chi connectivity index (χ0n) is 13.4. The van der Waals surface area contributed by atoms with Crippen LogP contribution >= 0.6 is 0 Å². The average Bonchev–Trinajstić information content (AvgIpc) is 2.77. The van der Waals surface area contributed by atoms with Gasteiger partial charge in [-0.15, -0.1) is 0 Å². The second-order valence-electron chi connectivity index (χ2n) is 5.59. The lowest BCUT2D eigenvalue weighted by Gasteiger charge is -2.10. The molecule has 0 aliphatic carbocycles. The van der Waals surface area contributed by atoms with Gasteiger partial charge in [0, 0.05) is 24.2 Å². The van der Waals surface area contributed by atoms with Crippen LogP contribution in [0, 0.1) is 6.92 Å². The summed E-state index contributed by atoms with van der Waals surface area (Å²) in [5.41, 5.74) is 16.3. The molecule has 0 saturated carbocycles. The molecule has 0 aliphatic heterocycles. The average molecular weight is 303 g/mol. The molecule has 0 atom stereocenters. The fourth-order valence-electron chi connectivity index (χ4n) is 3.16. The molecule has 0 amide bonds. The van der Waals surface area contributed by atoms with E-state index in [0.29, 0.717) is 18.7 Å². The number of nitrogens with zero attached hydrogens (tertiary/aromatic N) is 1. The zero-order chi connectivity index (χ0) is 16.3. The predicted molar refractivity (Wildman–Crippen MR) is 89.4 cm³/mol. The number of carboxylic acids is 1. The van der Waals surface area contributed by atoms with Crippen molar-refractivity contribution in [1.29, 1.82) is 0 Å². The molecule has 5 N–H and O–H groups in total. The van der Waals surface area contributed by atoms with Crippen LogP contribution in [0.15, 0.2) is 12.1 Å². The van der Waals surface area contributed by atoms with Crippen LogP contribution < -0.4 is 11.5 Å². The number of carboxylic acid groups (broad SMARTS) is 1. The number of hydrogen-bond acceptors (Lipinski definition) is 3. The van der Waals surface area contributed by atoms with Crippen molar-refractivity contribution in [3.05, 3.63) is 34.5 Å². The molecule has 0 bridgehead atoms. The molecule has 0 fully saturated rings. The van der Waals surface area contributed by atoms with Gasteiger partial charge in [-0.2, -0.15) is 0 Å². The third kappa shape index (κ3) is 2.87. The topological polar surface area (TPSA) is 94.3 Å². The number of aromatic carboxylic acids is 1. The number of fused-ring (bicyclic) bond motifs is 1. The van der Waals surface area contributed by atoms with E-state index in [2.05, 4.69) is 18.4 Å². The van der Waals surface area contributed by atoms with E-state index in [9.17, 15) is 9.90 Å². The van der Waals surface area contributed by atoms with Gasteiger partial charge in [0.15, 0.2) is 0 Å². The van der Waals surface area contributed by atoms with E-state index < -0.39 is 5.97 Å². The van der Waals surface area contributed by atoms with Crippen LogP contribution in [0.2, 0.25) is 0 Å². The quantitative estimate of drug-likeness (QED) is 0.729. The molecular weight excluding hydrogens is 278 g/mol. The van der Waals surface area contributed by atoms with Crippen LogP contribution in [0.1, 0.15) is 40.5 Å². The molecule has 1 aromatic carbocycles. The normalized spacial score (nSPS) is 11.3. The second-order valence-corrected chi connectivity index (χ2v) is 5.59. The number of hydrogen-bond donors (Lipinski definition) is 3. The van der Waals surface area contributed by atoms with Crippen molar-refractivity contribution in [2.24, 2.45) is 11.5 Å². The summed E-state index contributed by atoms with van der Waals surface area (Å²) in [7, 11) is 0. The summed E-state index contributed by atoms with van der Waals surface area (Å²) in [4.78, 5) is 11.4. The van der Waals surface area contributed by atoms with Crippen LogP contribution in [0.4, 0.5) is 0 Å². The largest absolute Gasteiger partial charge is 0.478 e. The molecule has 1 aromatic heterocycles. The molecule has 5 heteroatoms. The van der Waals surface area contributed by atoms with Crippen LogP contribution in [-0.4, -0.2) is 28.7 Å². The second kappa shape index (κ2) is 6.94. The summed E-state index contributed by atoms with van der Waals surface area (Å²) in [6.07, 6.45) is 2.55. The van der Waals surface area contributed by atoms with E-state index in [1.807, 2.05) is 0 Å². The van der Waals surface area contributed by atoms with Crippen molar-refractivity contribution >= 4 is 16.9 Å². The first-order valence-corrected chi connectivity index (χ1v) is 7.83. The van der Waals surface area contributed by atoms with E-state index in [0.717, 1.165) is 42.3 Å². The van der Waals surface area contributed by atoms with Crippen molar-refractivity contribution in [1.82, 2.24) is 4.57 Å². The molecule has 120 valence electrons. The number of benzene rings is 1. The van der Waals surface area contributed by atoms with Crippen molar-refractivity contribution in [2.75, 3.05) is 13.1 Å². The standard InChI is InChI=1S/C17H25N3O2/c1-3-12-9-13(17(21)22)10-15-14(5-4-6-18)11(2)20(8-7-19)16(12)15/h9-10H,3-8,18-19H2,1-2H3,(H,21,22). The highest BCUT2D eigenvalue weighted by Crippen LogP contribution is 2.31. The van der Waals surface area contributed by atoms with E-state index in [4.69, 9.17) is 11.5 Å². The molecular formula is C17H25N3O2. The van der Waals surface area contributed by atoms with Crippen LogP contribution in [0.5, 0.6) is 0 Å². The SMILES string of the molecule is CCc1cc(C(=O)O)cc2c(CCCN)c(C)n(CCN)c12. The highest BCUT2D eigenvalue weighted by Gasteiger charge is 2.18. The van der Waals surface area contributed by atoms with Gasteiger partial charge in [0.1, 0.15) is 0 Å². The van der Waals surface area contributed by atoms with Gasteiger partial charge in [-0.1, -0.05) is 6.92 Å². The minimum atomic E-state index is -0.884. The molecule has 5 nitrogen and oxygen atoms in total. The molecule has 2 rings (SSSR count). The summed E-state index contributed by atoms with van der Waals surface area (Å²) < 4.78 is 2.23. The zero-order valence-corrected chi connectivity index (χ0v) is 13.4. The highest BCUT2D eigenvalue weighted by molar-refractivity contribution is 5.97. The van der Waals surface area contributed by atoms with Gasteiger partial charge in [0.25, 0.3) is 0 Å². The maximum atomic E-state index is 11.4. The monoisotopic (exact) mass is 303 g/mol. The minimum absolute atomic E-state index is 0.350. The fraction of sp³-hybridized carbons (Fsp3) is 0.471. The number of carbonyl (C=O) groups is 1. The third-order valence-electron chi connectivity index (χ3n) is 4.24. The lowest BCUT2D eigenvalue weighted by atomic mass is 10.00. The van der Waals surface area contributed by atoms with Gasteiger partial charge in [-0.05, 0) is 56.0 Å². The first-order chi connectivity index (χ1) is 10.5. The summed E-state index contributed by atoms with van der Waals surface area (Å²) >= 11 is 0. The third-order valence-corrected chi connectivity index (χ3v) is 4.24. The molecule has 0 radical (unpaired) electrons. The summed E-state index contributed by atoms with van der Waals surface area (Å²) in [6.45, 7) is 6.06. The van der Waals surface area contributed by atoms with Gasteiger partial charge in [0.2, 0.25) is 0 Å². The smallest absolute Gasteiger partial charge is 0.335 e. The van der Waals surface area contributed by atoms with Crippen molar-refractivity contribution in [3.63, 3.8) is 0 Å². The molecule has 1 heterocycles. The van der Waals surface area contributed by atoms with E-state index in [-0.39, 0.29) is 0 Å². The molecule has 22 heavy (non-hydrogen) atoms. The van der Waals surface area contributed by atoms with E-state index in [1.54, 1.807) is 12.1 Å². The lowest BCUT2D eigenvalue weighted by molar-refractivity contribution is 0.0697. The first kappa shape index (κ1) is 16.5. The number of aromatic nitrogens is 1. The lowest BCUT2D eigenvalue weighted by Crippen LogP contribution is -2.12. The Balaban J connectivity index is 2.78. The number of nitrogens with two attached hydrogens (primary N) is 2. The fourth-order valence-corrected chi connectivity index (χ4v) is 3.16. The van der Waals surface area contributed by atoms with E-state index >= 15 is 0 Å². The molecule has 0 unspecified atom stereocenters. The summed E-state index contributed by atoms with van der Waals surface area (Å²) in [5.74, 6) is -0.884. The Morgan fingerprint density at radius 1 is 1.27 bits per heavy atom. The number of aryl methyl sites for hydroxylation is 2. The van der Waals surface area contributed by atoms with Gasteiger partial charge in [0.05, 0.1) is 11.1 Å². The Bertz CT molecular complexity index is 689. The Morgan fingerprint density at radius 2 is 2.00 bits per heavy atom. The molecule has 0 spiro atoms. The maximum absolute atomic E-state index is 11.4. The Hall–Kier alpha value is -1.85. The van der Waals surface area contributed by atoms with Gasteiger partial charge >= 0.3 is 5.97 Å². The van der Waals surface area contributed by atoms with Crippen molar-refractivity contribution in [3.8, 4) is 0 Å². The van der Waals surface area contributed by atoms with Crippen LogP contribution in [0.25, 0.3) is 10.9 Å². The maximum Gasteiger partial charge on any atom is 0.335 e. The van der Waals surface area contributed by atoms with Crippen LogP contribution in [0.3, 0.4) is 0 Å². The predicted octanol–water partition coefficient (Wildman–Crippen LogP) is 2.06. The van der Waals surface area contributed by atoms with Crippen molar-refractivity contribution in [2.45, 2.75) is 39.7 Å². The first-order valence-electron chi connectivity index (χ1n) is 7.83. The van der Waals surface area contributed by atoms with Gasteiger partial charge in [-0.3, -0.25) is 0 Å². The Kier molecular flexibility index (Phi) is 5.21.